The Morgan fingerprint density at radius 2 is 2.18 bits per heavy atom. The fourth-order valence-electron chi connectivity index (χ4n) is 1.57. The first-order valence-electron chi connectivity index (χ1n) is 5.80. The summed E-state index contributed by atoms with van der Waals surface area (Å²) >= 11 is 0. The predicted molar refractivity (Wildman–Crippen MR) is 67.5 cm³/mol. The lowest BCUT2D eigenvalue weighted by atomic mass is 10.1. The maximum atomic E-state index is 10.8. The van der Waals surface area contributed by atoms with Crippen LogP contribution in [-0.2, 0) is 0 Å². The lowest BCUT2D eigenvalue weighted by molar-refractivity contribution is 0.0697. The summed E-state index contributed by atoms with van der Waals surface area (Å²) in [6.07, 6.45) is 1.16. The molecule has 1 aromatic carbocycles. The molecular formula is C13H19NO3. The Morgan fingerprint density at radius 1 is 1.47 bits per heavy atom. The standard InChI is InChI=1S/C13H19NO3/c1-3-11(15)6-7-14-12-5-4-10(13(16)17)8-9(12)2/h4-5,8,11,14-15H,3,6-7H2,1-2H3,(H,16,17). The van der Waals surface area contributed by atoms with Gasteiger partial charge in [0, 0.05) is 12.2 Å². The highest BCUT2D eigenvalue weighted by Gasteiger charge is 2.06. The molecule has 0 spiro atoms. The van der Waals surface area contributed by atoms with E-state index in [1.807, 2.05) is 13.8 Å². The monoisotopic (exact) mass is 237 g/mol. The van der Waals surface area contributed by atoms with Gasteiger partial charge in [-0.25, -0.2) is 4.79 Å². The molecule has 4 heteroatoms. The molecule has 0 aliphatic rings. The van der Waals surface area contributed by atoms with Crippen LogP contribution in [0.4, 0.5) is 5.69 Å². The van der Waals surface area contributed by atoms with E-state index in [-0.39, 0.29) is 6.10 Å². The molecule has 1 unspecified atom stereocenters. The summed E-state index contributed by atoms with van der Waals surface area (Å²) in [7, 11) is 0. The molecule has 0 aromatic heterocycles. The molecule has 1 rings (SSSR count). The average molecular weight is 237 g/mol. The van der Waals surface area contributed by atoms with E-state index in [9.17, 15) is 9.90 Å². The van der Waals surface area contributed by atoms with Crippen LogP contribution in [0.5, 0.6) is 0 Å². The Morgan fingerprint density at radius 3 is 2.71 bits per heavy atom. The molecule has 0 aliphatic carbocycles. The summed E-state index contributed by atoms with van der Waals surface area (Å²) in [6.45, 7) is 4.49. The summed E-state index contributed by atoms with van der Waals surface area (Å²) in [4.78, 5) is 10.8. The van der Waals surface area contributed by atoms with Crippen LogP contribution in [0.15, 0.2) is 18.2 Å². The molecule has 0 bridgehead atoms. The number of carboxylic acids is 1. The van der Waals surface area contributed by atoms with Gasteiger partial charge in [0.1, 0.15) is 0 Å². The maximum Gasteiger partial charge on any atom is 0.335 e. The van der Waals surface area contributed by atoms with Gasteiger partial charge >= 0.3 is 5.97 Å². The van der Waals surface area contributed by atoms with E-state index in [4.69, 9.17) is 5.11 Å². The second kappa shape index (κ2) is 6.25. The van der Waals surface area contributed by atoms with Crippen LogP contribution in [0.2, 0.25) is 0 Å². The molecule has 94 valence electrons. The number of hydrogen-bond acceptors (Lipinski definition) is 3. The molecule has 17 heavy (non-hydrogen) atoms. The normalized spacial score (nSPS) is 12.2. The zero-order valence-electron chi connectivity index (χ0n) is 10.2. The summed E-state index contributed by atoms with van der Waals surface area (Å²) in [6, 6.07) is 4.98. The van der Waals surface area contributed by atoms with Crippen molar-refractivity contribution < 1.29 is 15.0 Å². The lowest BCUT2D eigenvalue weighted by Gasteiger charge is -2.12. The fourth-order valence-corrected chi connectivity index (χ4v) is 1.57. The summed E-state index contributed by atoms with van der Waals surface area (Å²) < 4.78 is 0. The lowest BCUT2D eigenvalue weighted by Crippen LogP contribution is -2.12. The summed E-state index contributed by atoms with van der Waals surface area (Å²) in [5, 5.41) is 21.4. The number of nitrogens with one attached hydrogen (secondary N) is 1. The first-order chi connectivity index (χ1) is 8.04. The highest BCUT2D eigenvalue weighted by molar-refractivity contribution is 5.88. The number of aromatic carboxylic acids is 1. The van der Waals surface area contributed by atoms with E-state index in [0.717, 1.165) is 17.7 Å². The number of aliphatic hydroxyl groups is 1. The highest BCUT2D eigenvalue weighted by Crippen LogP contribution is 2.16. The molecular weight excluding hydrogens is 218 g/mol. The molecule has 0 saturated carbocycles. The zero-order valence-corrected chi connectivity index (χ0v) is 10.2. The van der Waals surface area contributed by atoms with Gasteiger partial charge in [0.2, 0.25) is 0 Å². The summed E-state index contributed by atoms with van der Waals surface area (Å²) in [5.41, 5.74) is 2.11. The number of aryl methyl sites for hydroxylation is 1. The zero-order chi connectivity index (χ0) is 12.8. The van der Waals surface area contributed by atoms with E-state index in [1.54, 1.807) is 18.2 Å². The summed E-state index contributed by atoms with van der Waals surface area (Å²) in [5.74, 6) is -0.916. The first kappa shape index (κ1) is 13.5. The molecule has 4 nitrogen and oxygen atoms in total. The van der Waals surface area contributed by atoms with Gasteiger partial charge in [-0.15, -0.1) is 0 Å². The number of benzene rings is 1. The van der Waals surface area contributed by atoms with E-state index >= 15 is 0 Å². The van der Waals surface area contributed by atoms with Crippen molar-refractivity contribution in [2.45, 2.75) is 32.8 Å². The van der Waals surface area contributed by atoms with Gasteiger partial charge in [0.05, 0.1) is 11.7 Å². The molecule has 0 aliphatic heterocycles. The van der Waals surface area contributed by atoms with Crippen molar-refractivity contribution >= 4 is 11.7 Å². The Balaban J connectivity index is 2.57. The predicted octanol–water partition coefficient (Wildman–Crippen LogP) is 2.27. The van der Waals surface area contributed by atoms with Gasteiger partial charge in [0.15, 0.2) is 0 Å². The molecule has 0 fully saturated rings. The minimum atomic E-state index is -0.916. The number of hydrogen-bond donors (Lipinski definition) is 3. The molecule has 0 amide bonds. The van der Waals surface area contributed by atoms with Gasteiger partial charge in [0.25, 0.3) is 0 Å². The maximum absolute atomic E-state index is 10.8. The van der Waals surface area contributed by atoms with Crippen molar-refractivity contribution in [1.82, 2.24) is 0 Å². The Hall–Kier alpha value is -1.55. The van der Waals surface area contributed by atoms with Crippen molar-refractivity contribution in [2.75, 3.05) is 11.9 Å². The first-order valence-corrected chi connectivity index (χ1v) is 5.80. The smallest absolute Gasteiger partial charge is 0.335 e. The van der Waals surface area contributed by atoms with Crippen LogP contribution < -0.4 is 5.32 Å². The Bertz CT molecular complexity index is 390. The fraction of sp³-hybridized carbons (Fsp3) is 0.462. The van der Waals surface area contributed by atoms with Crippen LogP contribution in [0.1, 0.15) is 35.7 Å². The van der Waals surface area contributed by atoms with Gasteiger partial charge in [-0.2, -0.15) is 0 Å². The Kier molecular flexibility index (Phi) is 4.97. The quantitative estimate of drug-likeness (QED) is 0.710. The number of rotatable bonds is 6. The molecule has 0 saturated heterocycles. The molecule has 3 N–H and O–H groups in total. The van der Waals surface area contributed by atoms with Crippen molar-refractivity contribution in [3.63, 3.8) is 0 Å². The second-order valence-corrected chi connectivity index (χ2v) is 4.11. The molecule has 1 aromatic rings. The third-order valence-corrected chi connectivity index (χ3v) is 2.74. The molecule has 0 heterocycles. The van der Waals surface area contributed by atoms with Gasteiger partial charge in [-0.05, 0) is 43.5 Å². The van der Waals surface area contributed by atoms with Crippen LogP contribution in [0.3, 0.4) is 0 Å². The van der Waals surface area contributed by atoms with Gasteiger partial charge < -0.3 is 15.5 Å². The van der Waals surface area contributed by atoms with Crippen LogP contribution in [0, 0.1) is 6.92 Å². The number of carboxylic acid groups (broad SMARTS) is 1. The average Bonchev–Trinajstić information content (AvgIpc) is 2.30. The number of aliphatic hydroxyl groups excluding tert-OH is 1. The number of anilines is 1. The van der Waals surface area contributed by atoms with Crippen molar-refractivity contribution in [3.8, 4) is 0 Å². The number of carbonyl (C=O) groups is 1. The largest absolute Gasteiger partial charge is 0.478 e. The third kappa shape index (κ3) is 4.07. The van der Waals surface area contributed by atoms with E-state index in [0.29, 0.717) is 18.5 Å². The van der Waals surface area contributed by atoms with Crippen LogP contribution in [-0.4, -0.2) is 28.8 Å². The molecule has 0 radical (unpaired) electrons. The minimum absolute atomic E-state index is 0.277. The van der Waals surface area contributed by atoms with Crippen LogP contribution >= 0.6 is 0 Å². The van der Waals surface area contributed by atoms with Crippen LogP contribution in [0.25, 0.3) is 0 Å². The highest BCUT2D eigenvalue weighted by atomic mass is 16.4. The van der Waals surface area contributed by atoms with E-state index in [2.05, 4.69) is 5.32 Å². The van der Waals surface area contributed by atoms with Crippen molar-refractivity contribution in [3.05, 3.63) is 29.3 Å². The van der Waals surface area contributed by atoms with Gasteiger partial charge in [-0.3, -0.25) is 0 Å². The third-order valence-electron chi connectivity index (χ3n) is 2.74. The van der Waals surface area contributed by atoms with Crippen molar-refractivity contribution in [2.24, 2.45) is 0 Å². The second-order valence-electron chi connectivity index (χ2n) is 4.11. The van der Waals surface area contributed by atoms with Gasteiger partial charge in [-0.1, -0.05) is 6.92 Å². The van der Waals surface area contributed by atoms with Crippen molar-refractivity contribution in [1.29, 1.82) is 0 Å². The van der Waals surface area contributed by atoms with E-state index < -0.39 is 5.97 Å². The van der Waals surface area contributed by atoms with E-state index in [1.165, 1.54) is 0 Å². The Labute approximate surface area is 101 Å². The topological polar surface area (TPSA) is 69.6 Å². The molecule has 1 atom stereocenters. The SMILES string of the molecule is CCC(O)CCNc1ccc(C(=O)O)cc1C. The minimum Gasteiger partial charge on any atom is -0.478 e.